The number of hydrogen-bond acceptors (Lipinski definition) is 0. The van der Waals surface area contributed by atoms with Crippen LogP contribution < -0.4 is 0 Å². The number of hydrogen-bond donors (Lipinski definition) is 0. The smallest absolute Gasteiger partial charge is 0.123 e. The van der Waals surface area contributed by atoms with Crippen molar-refractivity contribution >= 4 is 15.9 Å². The SMILES string of the molecule is CCC(C)(C)c1ccc(C(Br)c2ccc(F)cc2C)cc1. The van der Waals surface area contributed by atoms with E-state index in [1.807, 2.05) is 13.0 Å². The first-order valence-electron chi connectivity index (χ1n) is 7.35. The molecule has 0 saturated carbocycles. The van der Waals surface area contributed by atoms with Crippen LogP contribution in [0.25, 0.3) is 0 Å². The van der Waals surface area contributed by atoms with Crippen LogP contribution >= 0.6 is 15.9 Å². The molecule has 0 heterocycles. The maximum absolute atomic E-state index is 13.2. The molecular weight excluding hydrogens is 327 g/mol. The van der Waals surface area contributed by atoms with E-state index in [-0.39, 0.29) is 16.1 Å². The van der Waals surface area contributed by atoms with Crippen LogP contribution in [-0.4, -0.2) is 0 Å². The van der Waals surface area contributed by atoms with Crippen molar-refractivity contribution in [3.8, 4) is 0 Å². The van der Waals surface area contributed by atoms with E-state index in [4.69, 9.17) is 0 Å². The Kier molecular flexibility index (Phi) is 4.88. The molecule has 0 aliphatic carbocycles. The molecule has 0 saturated heterocycles. The molecule has 2 heteroatoms. The zero-order valence-electron chi connectivity index (χ0n) is 13.1. The molecule has 0 N–H and O–H groups in total. The van der Waals surface area contributed by atoms with Gasteiger partial charge in [0.25, 0.3) is 0 Å². The van der Waals surface area contributed by atoms with Gasteiger partial charge in [0.05, 0.1) is 4.83 Å². The Morgan fingerprint density at radius 1 is 1.10 bits per heavy atom. The van der Waals surface area contributed by atoms with Crippen LogP contribution in [0.1, 0.15) is 54.3 Å². The Balaban J connectivity index is 2.30. The Morgan fingerprint density at radius 3 is 2.24 bits per heavy atom. The zero-order chi connectivity index (χ0) is 15.6. The predicted molar refractivity (Wildman–Crippen MR) is 91.7 cm³/mol. The minimum Gasteiger partial charge on any atom is -0.207 e. The largest absolute Gasteiger partial charge is 0.207 e. The van der Waals surface area contributed by atoms with E-state index in [0.29, 0.717) is 0 Å². The van der Waals surface area contributed by atoms with Crippen LogP contribution in [0.3, 0.4) is 0 Å². The fourth-order valence-corrected chi connectivity index (χ4v) is 3.23. The maximum atomic E-state index is 13.2. The second-order valence-electron chi connectivity index (χ2n) is 6.22. The average Bonchev–Trinajstić information content (AvgIpc) is 2.47. The lowest BCUT2D eigenvalue weighted by atomic mass is 9.82. The first-order valence-corrected chi connectivity index (χ1v) is 8.27. The third-order valence-corrected chi connectivity index (χ3v) is 5.40. The highest BCUT2D eigenvalue weighted by molar-refractivity contribution is 9.09. The first kappa shape index (κ1) is 16.2. The lowest BCUT2D eigenvalue weighted by Gasteiger charge is -2.24. The summed E-state index contributed by atoms with van der Waals surface area (Å²) in [5.41, 5.74) is 4.82. The summed E-state index contributed by atoms with van der Waals surface area (Å²) in [5.74, 6) is -0.184. The Labute approximate surface area is 135 Å². The van der Waals surface area contributed by atoms with Crippen molar-refractivity contribution in [1.29, 1.82) is 0 Å². The van der Waals surface area contributed by atoms with Crippen LogP contribution in [0.15, 0.2) is 42.5 Å². The van der Waals surface area contributed by atoms with Crippen LogP contribution in [0.2, 0.25) is 0 Å². The lowest BCUT2D eigenvalue weighted by Crippen LogP contribution is -2.15. The minimum absolute atomic E-state index is 0.0943. The van der Waals surface area contributed by atoms with Gasteiger partial charge in [-0.05, 0) is 53.1 Å². The van der Waals surface area contributed by atoms with Gasteiger partial charge in [-0.2, -0.15) is 0 Å². The molecule has 0 aromatic heterocycles. The number of halogens is 2. The summed E-state index contributed by atoms with van der Waals surface area (Å²) in [6, 6.07) is 13.7. The van der Waals surface area contributed by atoms with E-state index < -0.39 is 0 Å². The third kappa shape index (κ3) is 3.55. The average molecular weight is 349 g/mol. The molecule has 21 heavy (non-hydrogen) atoms. The van der Waals surface area contributed by atoms with Crippen LogP contribution in [0.5, 0.6) is 0 Å². The Morgan fingerprint density at radius 2 is 1.71 bits per heavy atom. The van der Waals surface area contributed by atoms with Gasteiger partial charge in [-0.1, -0.05) is 67.0 Å². The van der Waals surface area contributed by atoms with Crippen molar-refractivity contribution in [2.45, 2.75) is 44.4 Å². The Hall–Kier alpha value is -1.15. The maximum Gasteiger partial charge on any atom is 0.123 e. The summed E-state index contributed by atoms with van der Waals surface area (Å²) in [7, 11) is 0. The van der Waals surface area contributed by atoms with Crippen LogP contribution in [-0.2, 0) is 5.41 Å². The summed E-state index contributed by atoms with van der Waals surface area (Å²) < 4.78 is 13.2. The molecule has 0 aliphatic heterocycles. The van der Waals surface area contributed by atoms with E-state index in [1.54, 1.807) is 6.07 Å². The molecule has 0 bridgehead atoms. The molecule has 1 unspecified atom stereocenters. The van der Waals surface area contributed by atoms with E-state index >= 15 is 0 Å². The molecule has 0 amide bonds. The van der Waals surface area contributed by atoms with Gasteiger partial charge in [0.2, 0.25) is 0 Å². The summed E-state index contributed by atoms with van der Waals surface area (Å²) in [6.45, 7) is 8.68. The van der Waals surface area contributed by atoms with Gasteiger partial charge in [0, 0.05) is 0 Å². The second kappa shape index (κ2) is 6.31. The van der Waals surface area contributed by atoms with E-state index in [2.05, 4.69) is 61.0 Å². The van der Waals surface area contributed by atoms with Gasteiger partial charge < -0.3 is 0 Å². The highest BCUT2D eigenvalue weighted by Crippen LogP contribution is 2.34. The molecule has 1 atom stereocenters. The van der Waals surface area contributed by atoms with Gasteiger partial charge in [-0.3, -0.25) is 0 Å². The standard InChI is InChI=1S/C19H22BrF/c1-5-19(3,4)15-8-6-14(7-9-15)18(20)17-11-10-16(21)12-13(17)2/h6-12,18H,5H2,1-4H3. The summed E-state index contributed by atoms with van der Waals surface area (Å²) in [6.07, 6.45) is 1.11. The van der Waals surface area contributed by atoms with Gasteiger partial charge in [0.15, 0.2) is 0 Å². The van der Waals surface area contributed by atoms with Gasteiger partial charge in [0.1, 0.15) is 5.82 Å². The van der Waals surface area contributed by atoms with Crippen molar-refractivity contribution in [2.24, 2.45) is 0 Å². The fraction of sp³-hybridized carbons (Fsp3) is 0.368. The topological polar surface area (TPSA) is 0 Å². The minimum atomic E-state index is -0.184. The van der Waals surface area contributed by atoms with Crippen molar-refractivity contribution in [3.05, 3.63) is 70.5 Å². The zero-order valence-corrected chi connectivity index (χ0v) is 14.7. The Bertz CT molecular complexity index is 614. The second-order valence-corrected chi connectivity index (χ2v) is 7.14. The number of aryl methyl sites for hydroxylation is 1. The molecule has 0 spiro atoms. The van der Waals surface area contributed by atoms with Gasteiger partial charge >= 0.3 is 0 Å². The van der Waals surface area contributed by atoms with E-state index in [1.165, 1.54) is 17.2 Å². The number of benzene rings is 2. The van der Waals surface area contributed by atoms with Crippen molar-refractivity contribution < 1.29 is 4.39 Å². The lowest BCUT2D eigenvalue weighted by molar-refractivity contribution is 0.506. The summed E-state index contributed by atoms with van der Waals surface area (Å²) in [4.78, 5) is 0.0943. The van der Waals surface area contributed by atoms with E-state index in [0.717, 1.165) is 17.5 Å². The molecule has 2 aromatic rings. The molecule has 0 aliphatic rings. The van der Waals surface area contributed by atoms with Crippen LogP contribution in [0, 0.1) is 12.7 Å². The molecule has 112 valence electrons. The highest BCUT2D eigenvalue weighted by atomic mass is 79.9. The number of rotatable bonds is 4. The predicted octanol–water partition coefficient (Wildman–Crippen LogP) is 6.31. The molecule has 0 radical (unpaired) electrons. The summed E-state index contributed by atoms with van der Waals surface area (Å²) in [5, 5.41) is 0. The molecule has 2 rings (SSSR count). The van der Waals surface area contributed by atoms with Crippen molar-refractivity contribution in [1.82, 2.24) is 0 Å². The van der Waals surface area contributed by atoms with Gasteiger partial charge in [-0.15, -0.1) is 0 Å². The fourth-order valence-electron chi connectivity index (χ4n) is 2.41. The highest BCUT2D eigenvalue weighted by Gasteiger charge is 2.19. The molecule has 2 aromatic carbocycles. The van der Waals surface area contributed by atoms with E-state index in [9.17, 15) is 4.39 Å². The van der Waals surface area contributed by atoms with Crippen molar-refractivity contribution in [2.75, 3.05) is 0 Å². The quantitative estimate of drug-likeness (QED) is 0.568. The normalized spacial score (nSPS) is 13.2. The monoisotopic (exact) mass is 348 g/mol. The van der Waals surface area contributed by atoms with Gasteiger partial charge in [-0.25, -0.2) is 4.39 Å². The molecule has 0 fully saturated rings. The molecular formula is C19H22BrF. The summed E-state index contributed by atoms with van der Waals surface area (Å²) >= 11 is 3.74. The van der Waals surface area contributed by atoms with Crippen LogP contribution in [0.4, 0.5) is 4.39 Å². The molecule has 0 nitrogen and oxygen atoms in total. The first-order chi connectivity index (χ1) is 9.85. The number of alkyl halides is 1. The third-order valence-electron chi connectivity index (χ3n) is 4.37. The van der Waals surface area contributed by atoms with Crippen molar-refractivity contribution in [3.63, 3.8) is 0 Å².